The highest BCUT2D eigenvalue weighted by Gasteiger charge is 2.29. The van der Waals surface area contributed by atoms with Gasteiger partial charge in [0.2, 0.25) is 0 Å². The van der Waals surface area contributed by atoms with Crippen molar-refractivity contribution in [1.29, 1.82) is 0 Å². The third kappa shape index (κ3) is 1.21. The molecule has 0 spiro atoms. The Morgan fingerprint density at radius 1 is 1.19 bits per heavy atom. The molecule has 1 unspecified atom stereocenters. The minimum absolute atomic E-state index is 0.318. The molecular weight excluding hydrogens is 196 g/mol. The van der Waals surface area contributed by atoms with Gasteiger partial charge in [0.1, 0.15) is 0 Å². The number of ketones is 1. The summed E-state index contributed by atoms with van der Waals surface area (Å²) in [4.78, 5) is 12.0. The molecule has 0 heterocycles. The van der Waals surface area contributed by atoms with Crippen molar-refractivity contribution in [2.45, 2.75) is 25.7 Å². The molecule has 0 bridgehead atoms. The molecule has 2 aromatic rings. The zero-order valence-corrected chi connectivity index (χ0v) is 9.36. The fraction of sp³-hybridized carbons (Fsp3) is 0.267. The summed E-state index contributed by atoms with van der Waals surface area (Å²) < 4.78 is 0. The normalized spacial score (nSPS) is 19.1. The number of carbonyl (C=O) groups excluding carboxylic acids is 1. The molecule has 0 N–H and O–H groups in total. The summed E-state index contributed by atoms with van der Waals surface area (Å²) in [6.45, 7) is 2.15. The maximum absolute atomic E-state index is 12.0. The minimum atomic E-state index is 0.318. The van der Waals surface area contributed by atoms with Gasteiger partial charge in [-0.15, -0.1) is 0 Å². The van der Waals surface area contributed by atoms with Crippen LogP contribution >= 0.6 is 0 Å². The van der Waals surface area contributed by atoms with Crippen LogP contribution in [0.1, 0.15) is 41.6 Å². The van der Waals surface area contributed by atoms with Crippen molar-refractivity contribution in [3.63, 3.8) is 0 Å². The monoisotopic (exact) mass is 210 g/mol. The molecule has 0 radical (unpaired) electrons. The number of carbonyl (C=O) groups is 1. The minimum Gasteiger partial charge on any atom is -0.294 e. The first-order chi connectivity index (χ1) is 7.81. The SMILES string of the molecule is CCC1CC(=O)c2c1ccc1ccccc21. The van der Waals surface area contributed by atoms with Gasteiger partial charge in [-0.1, -0.05) is 43.3 Å². The van der Waals surface area contributed by atoms with Crippen molar-refractivity contribution >= 4 is 16.6 Å². The van der Waals surface area contributed by atoms with Gasteiger partial charge < -0.3 is 0 Å². The van der Waals surface area contributed by atoms with Crippen LogP contribution in [0.2, 0.25) is 0 Å². The molecule has 1 atom stereocenters. The zero-order chi connectivity index (χ0) is 11.1. The van der Waals surface area contributed by atoms with Gasteiger partial charge in [0.15, 0.2) is 5.78 Å². The molecule has 1 aliphatic rings. The van der Waals surface area contributed by atoms with Gasteiger partial charge in [-0.3, -0.25) is 4.79 Å². The first-order valence-electron chi connectivity index (χ1n) is 5.86. The maximum atomic E-state index is 12.0. The van der Waals surface area contributed by atoms with E-state index in [-0.39, 0.29) is 0 Å². The first kappa shape index (κ1) is 9.59. The van der Waals surface area contributed by atoms with E-state index in [2.05, 4.69) is 31.2 Å². The van der Waals surface area contributed by atoms with Crippen molar-refractivity contribution in [2.24, 2.45) is 0 Å². The van der Waals surface area contributed by atoms with E-state index in [0.29, 0.717) is 18.1 Å². The predicted molar refractivity (Wildman–Crippen MR) is 65.9 cm³/mol. The van der Waals surface area contributed by atoms with Crippen molar-refractivity contribution in [3.8, 4) is 0 Å². The Morgan fingerprint density at radius 3 is 2.81 bits per heavy atom. The van der Waals surface area contributed by atoms with Crippen LogP contribution in [0.15, 0.2) is 36.4 Å². The lowest BCUT2D eigenvalue weighted by Crippen LogP contribution is -1.92. The molecule has 80 valence electrons. The molecule has 1 nitrogen and oxygen atoms in total. The average Bonchev–Trinajstić information content (AvgIpc) is 2.66. The van der Waals surface area contributed by atoms with Gasteiger partial charge in [-0.05, 0) is 28.7 Å². The molecule has 1 aliphatic carbocycles. The number of fused-ring (bicyclic) bond motifs is 3. The van der Waals surface area contributed by atoms with E-state index in [0.717, 1.165) is 17.4 Å². The predicted octanol–water partition coefficient (Wildman–Crippen LogP) is 3.92. The van der Waals surface area contributed by atoms with Crippen LogP contribution < -0.4 is 0 Å². The van der Waals surface area contributed by atoms with Crippen LogP contribution in [-0.2, 0) is 0 Å². The highest BCUT2D eigenvalue weighted by Crippen LogP contribution is 2.38. The number of hydrogen-bond acceptors (Lipinski definition) is 1. The van der Waals surface area contributed by atoms with E-state index in [9.17, 15) is 4.79 Å². The fourth-order valence-electron chi connectivity index (χ4n) is 2.74. The van der Waals surface area contributed by atoms with Crippen molar-refractivity contribution in [1.82, 2.24) is 0 Å². The number of Topliss-reactive ketones (excluding diaryl/α,β-unsaturated/α-hetero) is 1. The first-order valence-corrected chi connectivity index (χ1v) is 5.86. The third-order valence-electron chi connectivity index (χ3n) is 3.60. The average molecular weight is 210 g/mol. The summed E-state index contributed by atoms with van der Waals surface area (Å²) in [5.74, 6) is 0.755. The Bertz CT molecular complexity index is 569. The van der Waals surface area contributed by atoms with Crippen LogP contribution in [0.25, 0.3) is 10.8 Å². The lowest BCUT2D eigenvalue weighted by atomic mass is 9.96. The molecule has 0 aromatic heterocycles. The van der Waals surface area contributed by atoms with Gasteiger partial charge >= 0.3 is 0 Å². The Labute approximate surface area is 95.1 Å². The van der Waals surface area contributed by atoms with E-state index in [4.69, 9.17) is 0 Å². The van der Waals surface area contributed by atoms with E-state index in [1.54, 1.807) is 0 Å². The lowest BCUT2D eigenvalue weighted by molar-refractivity contribution is 0.0990. The van der Waals surface area contributed by atoms with Crippen LogP contribution in [0, 0.1) is 0 Å². The lowest BCUT2D eigenvalue weighted by Gasteiger charge is -2.08. The second-order valence-corrected chi connectivity index (χ2v) is 4.48. The smallest absolute Gasteiger partial charge is 0.164 e. The quantitative estimate of drug-likeness (QED) is 0.697. The molecule has 0 saturated heterocycles. The second-order valence-electron chi connectivity index (χ2n) is 4.48. The summed E-state index contributed by atoms with van der Waals surface area (Å²) in [6.07, 6.45) is 1.75. The number of rotatable bonds is 1. The van der Waals surface area contributed by atoms with E-state index in [1.807, 2.05) is 12.1 Å². The van der Waals surface area contributed by atoms with Crippen molar-refractivity contribution in [2.75, 3.05) is 0 Å². The Morgan fingerprint density at radius 2 is 2.00 bits per heavy atom. The maximum Gasteiger partial charge on any atom is 0.164 e. The number of hydrogen-bond donors (Lipinski definition) is 0. The Balaban J connectivity index is 2.35. The standard InChI is InChI=1S/C15H14O/c1-2-10-9-14(16)15-12-6-4-3-5-11(12)7-8-13(10)15/h3-8,10H,2,9H2,1H3. The summed E-state index contributed by atoms with van der Waals surface area (Å²) >= 11 is 0. The molecule has 0 amide bonds. The van der Waals surface area contributed by atoms with Crippen LogP contribution in [0.5, 0.6) is 0 Å². The van der Waals surface area contributed by atoms with Crippen LogP contribution in [-0.4, -0.2) is 5.78 Å². The van der Waals surface area contributed by atoms with Gasteiger partial charge in [-0.2, -0.15) is 0 Å². The molecule has 2 aromatic carbocycles. The van der Waals surface area contributed by atoms with Gasteiger partial charge in [0.25, 0.3) is 0 Å². The van der Waals surface area contributed by atoms with E-state index >= 15 is 0 Å². The second kappa shape index (κ2) is 3.44. The molecule has 16 heavy (non-hydrogen) atoms. The summed E-state index contributed by atoms with van der Waals surface area (Å²) in [5, 5.41) is 2.30. The van der Waals surface area contributed by atoms with Crippen LogP contribution in [0.3, 0.4) is 0 Å². The van der Waals surface area contributed by atoms with Crippen molar-refractivity contribution < 1.29 is 4.79 Å². The molecular formula is C15H14O. The molecule has 0 aliphatic heterocycles. The highest BCUT2D eigenvalue weighted by atomic mass is 16.1. The molecule has 0 fully saturated rings. The van der Waals surface area contributed by atoms with E-state index in [1.165, 1.54) is 10.9 Å². The largest absolute Gasteiger partial charge is 0.294 e. The van der Waals surface area contributed by atoms with E-state index < -0.39 is 0 Å². The highest BCUT2D eigenvalue weighted by molar-refractivity contribution is 6.12. The molecule has 1 heteroatoms. The molecule has 0 saturated carbocycles. The van der Waals surface area contributed by atoms with Crippen molar-refractivity contribution in [3.05, 3.63) is 47.5 Å². The Kier molecular flexibility index (Phi) is 2.06. The summed E-state index contributed by atoms with van der Waals surface area (Å²) in [7, 11) is 0. The number of benzene rings is 2. The van der Waals surface area contributed by atoms with Gasteiger partial charge in [0, 0.05) is 12.0 Å². The summed E-state index contributed by atoms with van der Waals surface area (Å²) in [6, 6.07) is 12.4. The van der Waals surface area contributed by atoms with Crippen LogP contribution in [0.4, 0.5) is 0 Å². The van der Waals surface area contributed by atoms with Gasteiger partial charge in [0.05, 0.1) is 0 Å². The topological polar surface area (TPSA) is 17.1 Å². The Hall–Kier alpha value is -1.63. The van der Waals surface area contributed by atoms with Gasteiger partial charge in [-0.25, -0.2) is 0 Å². The molecule has 3 rings (SSSR count). The zero-order valence-electron chi connectivity index (χ0n) is 9.36. The third-order valence-corrected chi connectivity index (χ3v) is 3.60. The fourth-order valence-corrected chi connectivity index (χ4v) is 2.74. The summed E-state index contributed by atoms with van der Waals surface area (Å²) in [5.41, 5.74) is 2.23.